The van der Waals surface area contributed by atoms with Gasteiger partial charge in [0.25, 0.3) is 0 Å². The molecule has 18 N–H and O–H groups in total. The number of hydrogen-bond acceptors (Lipinski definition) is 18. The van der Waals surface area contributed by atoms with Crippen molar-refractivity contribution in [2.45, 2.75) is 138 Å². The lowest BCUT2D eigenvalue weighted by molar-refractivity contribution is -0.142. The highest BCUT2D eigenvalue weighted by molar-refractivity contribution is 7.80. The highest BCUT2D eigenvalue weighted by atomic mass is 32.1. The van der Waals surface area contributed by atoms with Crippen LogP contribution in [-0.2, 0) is 78.4 Å². The summed E-state index contributed by atoms with van der Waals surface area (Å²) in [7, 11) is 0. The molecular weight excluding hydrogens is 1350 g/mol. The zero-order valence-corrected chi connectivity index (χ0v) is 58.4. The molecule has 0 saturated carbocycles. The van der Waals surface area contributed by atoms with E-state index in [1.807, 2.05) is 30.3 Å². The number of amides is 10. The van der Waals surface area contributed by atoms with Gasteiger partial charge in [-0.2, -0.15) is 50.5 Å². The number of carbonyl (C=O) groups is 11. The van der Waals surface area contributed by atoms with Crippen molar-refractivity contribution in [1.29, 1.82) is 0 Å². The number of aromatic nitrogens is 1. The zero-order valence-electron chi connectivity index (χ0n) is 54.8. The minimum atomic E-state index is -1.51. The fraction of sp³-hybridized carbons (Fsp3) is 0.433. The number of carbonyl (C=O) groups excluding carboxylic acids is 10. The van der Waals surface area contributed by atoms with Crippen molar-refractivity contribution in [2.24, 2.45) is 28.1 Å². The molecule has 99 heavy (non-hydrogen) atoms. The number of guanidine groups is 1. The van der Waals surface area contributed by atoms with Crippen molar-refractivity contribution < 1.29 is 63.0 Å². The van der Waals surface area contributed by atoms with Crippen LogP contribution < -0.4 is 65.1 Å². The van der Waals surface area contributed by atoms with E-state index in [2.05, 4.69) is 108 Å². The van der Waals surface area contributed by atoms with Crippen LogP contribution in [0.15, 0.2) is 120 Å². The number of nitrogens with one attached hydrogen (secondary N) is 10. The number of H-pyrrole nitrogens is 1. The third-order valence-corrected chi connectivity index (χ3v) is 18.2. The molecule has 2 heterocycles. The highest BCUT2D eigenvalue weighted by Crippen LogP contribution is 2.22. The lowest BCUT2D eigenvalue weighted by Gasteiger charge is -2.31. The second-order valence-electron chi connectivity index (χ2n) is 24.0. The molecule has 4 aromatic carbocycles. The number of aliphatic carboxylic acids is 1. The van der Waals surface area contributed by atoms with Crippen LogP contribution in [0, 0.1) is 5.92 Å². The number of nitrogens with zero attached hydrogens (tertiary/aromatic N) is 2. The van der Waals surface area contributed by atoms with E-state index in [4.69, 9.17) is 17.2 Å². The molecule has 1 saturated heterocycles. The van der Waals surface area contributed by atoms with Crippen LogP contribution in [0.4, 0.5) is 0 Å². The van der Waals surface area contributed by atoms with E-state index in [0.717, 1.165) is 16.5 Å². The third kappa shape index (κ3) is 23.9. The maximum atomic E-state index is 14.8. The molecular formula is C67H89N15O13S4. The average Bonchev–Trinajstić information content (AvgIpc) is 1.74. The van der Waals surface area contributed by atoms with Gasteiger partial charge in [0.2, 0.25) is 59.1 Å². The summed E-state index contributed by atoms with van der Waals surface area (Å²) < 4.78 is 0. The molecule has 534 valence electrons. The summed E-state index contributed by atoms with van der Waals surface area (Å²) in [4.78, 5) is 163. The quantitative estimate of drug-likeness (QED) is 0.0105. The molecule has 0 aliphatic carbocycles. The Balaban J connectivity index is 1.17. The first-order valence-corrected chi connectivity index (χ1v) is 34.8. The number of phenols is 1. The van der Waals surface area contributed by atoms with Crippen LogP contribution >= 0.6 is 50.5 Å². The summed E-state index contributed by atoms with van der Waals surface area (Å²) >= 11 is 17.2. The number of likely N-dealkylation sites (tertiary alicyclic amines) is 1. The smallest absolute Gasteiger partial charge is 0.326 e. The Kier molecular flexibility index (Phi) is 31.6. The molecule has 28 nitrogen and oxygen atoms in total. The molecule has 12 atom stereocenters. The number of aromatic amines is 1. The van der Waals surface area contributed by atoms with Gasteiger partial charge in [-0.25, -0.2) is 4.79 Å². The molecule has 1 aliphatic rings. The highest BCUT2D eigenvalue weighted by Gasteiger charge is 2.41. The van der Waals surface area contributed by atoms with Crippen LogP contribution in [0.3, 0.4) is 0 Å². The maximum absolute atomic E-state index is 14.8. The lowest BCUT2D eigenvalue weighted by atomic mass is 9.96. The lowest BCUT2D eigenvalue weighted by Crippen LogP contribution is -2.62. The predicted molar refractivity (Wildman–Crippen MR) is 387 cm³/mol. The summed E-state index contributed by atoms with van der Waals surface area (Å²) in [6.07, 6.45) is 2.21. The standard InChI is InChI=1S/C67H89N15O13S4/c1-3-37(2)55(81-59(87)48(29-39-16-8-5-9-17-39)75-63(91)54-21-13-27-82(54)65(93)53(36-99)80-62(90)50(33-96)77-56(84)44(68)28-38-14-6-4-7-15-38)64(92)73-46(20-12-26-71-67(69)70)57(85)74-47(30-40-22-24-42(83)25-23-40)58(86)78-52(35-98)61(89)79-51(34-97)60(88)76-49(66(94)95)31-41-32-72-45-19-11-10-18-43(41)45/h4-11,14-19,22-25,32,37,44,46-55,72,83,96-99H,3,12-13,20-21,26-31,33-36,68H2,1-2H3,(H,73,92)(H,74,85)(H,75,91)(H,76,88)(H,77,84)(H,78,86)(H,79,89)(H,80,90)(H,81,87)(H,94,95)(H4,69,70,71)/t37-,44-,46-,47-,48-,49-,50-,51-,52-,53-,54-,55-/m0/s1. The number of aliphatic imine (C=N–C) groups is 1. The molecule has 1 aromatic heterocycles. The van der Waals surface area contributed by atoms with Gasteiger partial charge in [-0.3, -0.25) is 52.9 Å². The topological polar surface area (TPSA) is 446 Å². The summed E-state index contributed by atoms with van der Waals surface area (Å²) in [5, 5.41) is 44.8. The van der Waals surface area contributed by atoms with Crippen molar-refractivity contribution >= 4 is 132 Å². The molecule has 0 radical (unpaired) electrons. The number of fused-ring (bicyclic) bond motifs is 1. The van der Waals surface area contributed by atoms with Gasteiger partial charge in [0.05, 0.1) is 6.04 Å². The number of thiol groups is 4. The van der Waals surface area contributed by atoms with Crippen LogP contribution in [0.2, 0.25) is 0 Å². The Morgan fingerprint density at radius 2 is 1.02 bits per heavy atom. The Morgan fingerprint density at radius 3 is 1.58 bits per heavy atom. The molecule has 32 heteroatoms. The molecule has 0 unspecified atom stereocenters. The van der Waals surface area contributed by atoms with E-state index in [1.165, 1.54) is 29.2 Å². The fourth-order valence-corrected chi connectivity index (χ4v) is 12.0. The van der Waals surface area contributed by atoms with Crippen molar-refractivity contribution in [3.8, 4) is 5.75 Å². The first-order valence-electron chi connectivity index (χ1n) is 32.3. The van der Waals surface area contributed by atoms with Crippen molar-refractivity contribution in [1.82, 2.24) is 57.7 Å². The fourth-order valence-electron chi connectivity index (χ4n) is 11.0. The number of phenolic OH excluding ortho intramolecular Hbond substituents is 1. The largest absolute Gasteiger partial charge is 0.508 e. The van der Waals surface area contributed by atoms with E-state index in [9.17, 15) is 63.0 Å². The van der Waals surface area contributed by atoms with Crippen molar-refractivity contribution in [3.05, 3.63) is 138 Å². The number of para-hydroxylation sites is 1. The molecule has 0 spiro atoms. The normalized spacial score (nSPS) is 16.0. The summed E-state index contributed by atoms with van der Waals surface area (Å²) in [6, 6.07) is 16.1. The SMILES string of the molecule is CC[C@H](C)[C@H](NC(=O)[C@H](Cc1ccccc1)NC(=O)[C@@H]1CCCN1C(=O)[C@H](CS)NC(=O)[C@H](CS)NC(=O)[C@@H](N)Cc1ccccc1)C(=O)N[C@@H](CCCN=C(N)N)C(=O)N[C@@H](Cc1ccc(O)cc1)C(=O)N[C@@H](CS)C(=O)N[C@@H](CS)C(=O)N[C@@H](Cc1c[nH]c2ccccc12)C(=O)O. The van der Waals surface area contributed by atoms with E-state index in [0.29, 0.717) is 29.5 Å². The number of rotatable bonds is 38. The first-order chi connectivity index (χ1) is 47.4. The molecule has 5 aromatic rings. The van der Waals surface area contributed by atoms with Gasteiger partial charge in [0, 0.05) is 72.5 Å². The number of carboxylic acid groups (broad SMARTS) is 1. The number of hydrogen-bond donors (Lipinski definition) is 19. The molecule has 0 bridgehead atoms. The minimum Gasteiger partial charge on any atom is -0.508 e. The second kappa shape index (κ2) is 39.6. The van der Waals surface area contributed by atoms with E-state index in [1.54, 1.807) is 74.6 Å². The number of aromatic hydroxyl groups is 1. The van der Waals surface area contributed by atoms with Crippen molar-refractivity contribution in [3.63, 3.8) is 0 Å². The van der Waals surface area contributed by atoms with Gasteiger partial charge in [-0.05, 0) is 78.5 Å². The van der Waals surface area contributed by atoms with E-state index >= 15 is 0 Å². The van der Waals surface area contributed by atoms with Crippen LogP contribution in [0.25, 0.3) is 10.9 Å². The van der Waals surface area contributed by atoms with Crippen LogP contribution in [0.5, 0.6) is 5.75 Å². The summed E-state index contributed by atoms with van der Waals surface area (Å²) in [5.41, 5.74) is 20.6. The predicted octanol–water partition coefficient (Wildman–Crippen LogP) is -0.271. The molecule has 1 aliphatic heterocycles. The second-order valence-corrected chi connectivity index (χ2v) is 25.4. The molecule has 6 rings (SSSR count). The van der Waals surface area contributed by atoms with Crippen LogP contribution in [0.1, 0.15) is 68.2 Å². The summed E-state index contributed by atoms with van der Waals surface area (Å²) in [5.74, 6) is -11.3. The van der Waals surface area contributed by atoms with Gasteiger partial charge < -0.3 is 85.1 Å². The molecule has 1 fully saturated rings. The van der Waals surface area contributed by atoms with Gasteiger partial charge in [0.1, 0.15) is 66.2 Å². The summed E-state index contributed by atoms with van der Waals surface area (Å²) in [6.45, 7) is 3.55. The Labute approximate surface area is 595 Å². The van der Waals surface area contributed by atoms with Gasteiger partial charge >= 0.3 is 5.97 Å². The number of nitrogens with two attached hydrogens (primary N) is 3. The van der Waals surface area contributed by atoms with Gasteiger partial charge in [-0.1, -0.05) is 111 Å². The monoisotopic (exact) mass is 1440 g/mol. The molecule has 10 amide bonds. The first kappa shape index (κ1) is 79.0. The average molecular weight is 1440 g/mol. The minimum absolute atomic E-state index is 0.00742. The zero-order chi connectivity index (χ0) is 72.3. The number of benzene rings is 4. The Bertz CT molecular complexity index is 3610. The Hall–Kier alpha value is -8.98. The third-order valence-electron chi connectivity index (χ3n) is 16.7. The van der Waals surface area contributed by atoms with Gasteiger partial charge in [0.15, 0.2) is 5.96 Å². The van der Waals surface area contributed by atoms with Crippen molar-refractivity contribution in [2.75, 3.05) is 36.1 Å². The van der Waals surface area contributed by atoms with E-state index in [-0.39, 0.29) is 92.8 Å². The van der Waals surface area contributed by atoms with E-state index < -0.39 is 137 Å². The van der Waals surface area contributed by atoms with Gasteiger partial charge in [-0.15, -0.1) is 0 Å². The maximum Gasteiger partial charge on any atom is 0.326 e. The van der Waals surface area contributed by atoms with Crippen LogP contribution in [-0.4, -0.2) is 194 Å². The number of carboxylic acids is 1. The Morgan fingerprint density at radius 1 is 0.556 bits per heavy atom.